The quantitative estimate of drug-likeness (QED) is 0.703. The molecule has 1 heterocycles. The minimum absolute atomic E-state index is 0.260. The minimum atomic E-state index is -3.24. The number of hydrogen-bond donors (Lipinski definition) is 2. The third-order valence-electron chi connectivity index (χ3n) is 2.22. The summed E-state index contributed by atoms with van der Waals surface area (Å²) in [7, 11) is -3.24. The Kier molecular flexibility index (Phi) is 5.79. The van der Waals surface area contributed by atoms with Crippen LogP contribution < -0.4 is 0 Å². The molecule has 0 radical (unpaired) electrons. The maximum absolute atomic E-state index is 12.0. The van der Waals surface area contributed by atoms with Crippen LogP contribution in [-0.4, -0.2) is 41.9 Å². The van der Waals surface area contributed by atoms with Crippen LogP contribution in [0.2, 0.25) is 0 Å². The lowest BCUT2D eigenvalue weighted by Crippen LogP contribution is -2.19. The summed E-state index contributed by atoms with van der Waals surface area (Å²) in [5, 5.41) is 18.4. The summed E-state index contributed by atoms with van der Waals surface area (Å²) >= 11 is 0. The van der Waals surface area contributed by atoms with Crippen molar-refractivity contribution in [1.82, 2.24) is 0 Å². The van der Waals surface area contributed by atoms with Gasteiger partial charge in [0, 0.05) is 12.2 Å². The highest BCUT2D eigenvalue weighted by Crippen LogP contribution is 2.49. The van der Waals surface area contributed by atoms with Crippen molar-refractivity contribution < 1.29 is 28.6 Å². The molecule has 0 aromatic carbocycles. The molecule has 1 aliphatic heterocycles. The zero-order valence-corrected chi connectivity index (χ0v) is 10.9. The van der Waals surface area contributed by atoms with E-state index in [1.807, 2.05) is 0 Å². The van der Waals surface area contributed by atoms with Crippen molar-refractivity contribution in [3.8, 4) is 0 Å². The first kappa shape index (κ1) is 14.8. The molecule has 3 atom stereocenters. The maximum Gasteiger partial charge on any atom is 0.353 e. The number of rotatable bonds is 6. The second-order valence-corrected chi connectivity index (χ2v) is 5.48. The largest absolute Gasteiger partial charge is 0.388 e. The first-order chi connectivity index (χ1) is 8.00. The van der Waals surface area contributed by atoms with Crippen LogP contribution in [0.3, 0.4) is 0 Å². The molecule has 2 N–H and O–H groups in total. The number of ether oxygens (including phenoxy) is 1. The van der Waals surface area contributed by atoms with Crippen molar-refractivity contribution in [2.24, 2.45) is 0 Å². The molecule has 1 aliphatic rings. The summed E-state index contributed by atoms with van der Waals surface area (Å²) in [4.78, 5) is 0. The molecule has 100 valence electrons. The van der Waals surface area contributed by atoms with Crippen LogP contribution in [0.5, 0.6) is 0 Å². The second-order valence-electron chi connectivity index (χ2n) is 3.59. The van der Waals surface area contributed by atoms with Crippen molar-refractivity contribution >= 4 is 7.60 Å². The van der Waals surface area contributed by atoms with Crippen molar-refractivity contribution in [2.45, 2.75) is 38.8 Å². The first-order valence-electron chi connectivity index (χ1n) is 5.60. The van der Waals surface area contributed by atoms with E-state index in [9.17, 15) is 9.67 Å². The predicted molar refractivity (Wildman–Crippen MR) is 61.5 cm³/mol. The lowest BCUT2D eigenvalue weighted by atomic mass is 10.2. The standard InChI is InChI=1S/C10H19O6P/c1-3-14-17(13,15-4-2)6-5-8-7-9(11)10(12)16-8/h5-6,8-12H,3-4,7H2,1-2H3/b6-5+/t8-,9-,10?/m1/s1. The molecule has 1 rings (SSSR count). The molecule has 0 aliphatic carbocycles. The Hall–Kier alpha value is -0.230. The van der Waals surface area contributed by atoms with Crippen molar-refractivity contribution in [3.63, 3.8) is 0 Å². The molecule has 0 saturated carbocycles. The van der Waals surface area contributed by atoms with Gasteiger partial charge in [0.25, 0.3) is 0 Å². The molecular weight excluding hydrogens is 247 g/mol. The van der Waals surface area contributed by atoms with Gasteiger partial charge < -0.3 is 24.0 Å². The van der Waals surface area contributed by atoms with Crippen molar-refractivity contribution in [3.05, 3.63) is 11.9 Å². The van der Waals surface area contributed by atoms with Crippen LogP contribution in [0.25, 0.3) is 0 Å². The van der Waals surface area contributed by atoms with E-state index >= 15 is 0 Å². The average molecular weight is 266 g/mol. The fourth-order valence-electron chi connectivity index (χ4n) is 1.49. The van der Waals surface area contributed by atoms with Gasteiger partial charge in [0.1, 0.15) is 6.10 Å². The molecule has 17 heavy (non-hydrogen) atoms. The number of aliphatic hydroxyl groups is 2. The summed E-state index contributed by atoms with van der Waals surface area (Å²) in [5.74, 6) is 1.31. The highest BCUT2D eigenvalue weighted by molar-refractivity contribution is 7.57. The summed E-state index contributed by atoms with van der Waals surface area (Å²) in [5.41, 5.74) is 0. The predicted octanol–water partition coefficient (Wildman–Crippen LogP) is 1.23. The molecule has 0 aromatic rings. The molecule has 0 amide bonds. The van der Waals surface area contributed by atoms with Crippen LogP contribution in [0, 0.1) is 0 Å². The highest BCUT2D eigenvalue weighted by atomic mass is 31.2. The Morgan fingerprint density at radius 3 is 2.35 bits per heavy atom. The topological polar surface area (TPSA) is 85.2 Å². The van der Waals surface area contributed by atoms with Gasteiger partial charge in [-0.05, 0) is 19.9 Å². The molecule has 0 bridgehead atoms. The van der Waals surface area contributed by atoms with E-state index in [0.29, 0.717) is 0 Å². The molecule has 6 nitrogen and oxygen atoms in total. The monoisotopic (exact) mass is 266 g/mol. The van der Waals surface area contributed by atoms with Gasteiger partial charge in [-0.25, -0.2) is 0 Å². The van der Waals surface area contributed by atoms with E-state index in [1.54, 1.807) is 13.8 Å². The van der Waals surface area contributed by atoms with E-state index in [1.165, 1.54) is 11.9 Å². The Bertz CT molecular complexity index is 285. The van der Waals surface area contributed by atoms with Crippen molar-refractivity contribution in [2.75, 3.05) is 13.2 Å². The summed E-state index contributed by atoms with van der Waals surface area (Å²) in [6, 6.07) is 0. The Labute approximate surface area is 101 Å². The molecule has 7 heteroatoms. The summed E-state index contributed by atoms with van der Waals surface area (Å²) < 4.78 is 27.1. The van der Waals surface area contributed by atoms with Crippen LogP contribution in [-0.2, 0) is 18.3 Å². The zero-order valence-electron chi connectivity index (χ0n) is 9.98. The molecule has 0 spiro atoms. The van der Waals surface area contributed by atoms with Crippen LogP contribution in [0.1, 0.15) is 20.3 Å². The van der Waals surface area contributed by atoms with Gasteiger partial charge in [-0.3, -0.25) is 4.57 Å². The summed E-state index contributed by atoms with van der Waals surface area (Å²) in [6.07, 6.45) is -0.831. The van der Waals surface area contributed by atoms with E-state index < -0.39 is 26.1 Å². The smallest absolute Gasteiger partial charge is 0.353 e. The van der Waals surface area contributed by atoms with Gasteiger partial charge in [0.15, 0.2) is 6.29 Å². The van der Waals surface area contributed by atoms with Gasteiger partial charge in [-0.2, -0.15) is 0 Å². The fraction of sp³-hybridized carbons (Fsp3) is 0.800. The third kappa shape index (κ3) is 4.50. The zero-order chi connectivity index (χ0) is 12.9. The van der Waals surface area contributed by atoms with Gasteiger partial charge in [0.05, 0.1) is 19.3 Å². The average Bonchev–Trinajstić information content (AvgIpc) is 2.57. The van der Waals surface area contributed by atoms with E-state index in [0.717, 1.165) is 0 Å². The first-order valence-corrected chi connectivity index (χ1v) is 7.21. The molecule has 1 fully saturated rings. The van der Waals surface area contributed by atoms with Gasteiger partial charge in [-0.1, -0.05) is 0 Å². The van der Waals surface area contributed by atoms with Gasteiger partial charge in [0.2, 0.25) is 0 Å². The Morgan fingerprint density at radius 2 is 1.94 bits per heavy atom. The molecule has 1 saturated heterocycles. The maximum atomic E-state index is 12.0. The fourth-order valence-corrected chi connectivity index (χ4v) is 2.86. The lowest BCUT2D eigenvalue weighted by molar-refractivity contribution is -0.119. The molecular formula is C10H19O6P. The summed E-state index contributed by atoms with van der Waals surface area (Å²) in [6.45, 7) is 3.99. The highest BCUT2D eigenvalue weighted by Gasteiger charge is 2.31. The van der Waals surface area contributed by atoms with Crippen LogP contribution >= 0.6 is 7.60 Å². The SMILES string of the molecule is CCOP(=O)(/C=C/[C@@H]1C[C@@H](O)C(O)O1)OCC. The van der Waals surface area contributed by atoms with Crippen molar-refractivity contribution in [1.29, 1.82) is 0 Å². The third-order valence-corrected chi connectivity index (χ3v) is 3.99. The molecule has 0 aromatic heterocycles. The Morgan fingerprint density at radius 1 is 1.35 bits per heavy atom. The minimum Gasteiger partial charge on any atom is -0.388 e. The number of aliphatic hydroxyl groups excluding tert-OH is 2. The molecule has 1 unspecified atom stereocenters. The van der Waals surface area contributed by atoms with Crippen LogP contribution in [0.4, 0.5) is 0 Å². The normalized spacial score (nSPS) is 30.2. The second kappa shape index (κ2) is 6.64. The number of hydrogen-bond acceptors (Lipinski definition) is 6. The Balaban J connectivity index is 2.58. The van der Waals surface area contributed by atoms with E-state index in [4.69, 9.17) is 18.9 Å². The lowest BCUT2D eigenvalue weighted by Gasteiger charge is -2.13. The van der Waals surface area contributed by atoms with E-state index in [-0.39, 0.29) is 19.6 Å². The van der Waals surface area contributed by atoms with E-state index in [2.05, 4.69) is 0 Å². The van der Waals surface area contributed by atoms with Gasteiger partial charge >= 0.3 is 7.60 Å². The van der Waals surface area contributed by atoms with Crippen LogP contribution in [0.15, 0.2) is 11.9 Å². The van der Waals surface area contributed by atoms with Gasteiger partial charge in [-0.15, -0.1) is 0 Å².